The second-order valence-electron chi connectivity index (χ2n) is 9.69. The molecule has 1 unspecified atom stereocenters. The molecule has 39 heavy (non-hydrogen) atoms. The standard InChI is InChI=1S/C31H35N3O5/c1-4-14-33(26-10-7-11-28(35)29(26)36)20(3)15-21-12-13-25-24(16-21)18-27(31(38)39-5-2)34(25)19-22-8-6-9-23(17-22)30(32)37/h6-13,16-18,20,35-36H,4-5,14-15,19H2,1-3H3,(H2,32,37). The molecule has 4 rings (SSSR count). The molecule has 4 aromatic rings. The Hall–Kier alpha value is -4.46. The fourth-order valence-electron chi connectivity index (χ4n) is 5.02. The second-order valence-corrected chi connectivity index (χ2v) is 9.69. The molecule has 1 aromatic heterocycles. The first-order chi connectivity index (χ1) is 18.7. The molecule has 3 aromatic carbocycles. The summed E-state index contributed by atoms with van der Waals surface area (Å²) in [7, 11) is 0. The van der Waals surface area contributed by atoms with Gasteiger partial charge in [0, 0.05) is 35.6 Å². The molecule has 1 amide bonds. The molecule has 0 saturated carbocycles. The summed E-state index contributed by atoms with van der Waals surface area (Å²) >= 11 is 0. The molecule has 0 saturated heterocycles. The van der Waals surface area contributed by atoms with Crippen LogP contribution in [-0.2, 0) is 17.7 Å². The van der Waals surface area contributed by atoms with Gasteiger partial charge < -0.3 is 30.2 Å². The minimum absolute atomic E-state index is 0.0262. The minimum Gasteiger partial charge on any atom is -0.504 e. The number of benzene rings is 3. The zero-order valence-corrected chi connectivity index (χ0v) is 22.6. The number of fused-ring (bicyclic) bond motifs is 1. The van der Waals surface area contributed by atoms with E-state index in [1.807, 2.05) is 34.9 Å². The van der Waals surface area contributed by atoms with Gasteiger partial charge in [-0.1, -0.05) is 31.2 Å². The van der Waals surface area contributed by atoms with Crippen LogP contribution in [0.5, 0.6) is 11.5 Å². The number of aromatic nitrogens is 1. The Morgan fingerprint density at radius 3 is 2.49 bits per heavy atom. The smallest absolute Gasteiger partial charge is 0.354 e. The van der Waals surface area contributed by atoms with E-state index < -0.39 is 11.9 Å². The number of aromatic hydroxyl groups is 2. The maximum absolute atomic E-state index is 12.9. The Balaban J connectivity index is 1.68. The first-order valence-corrected chi connectivity index (χ1v) is 13.2. The van der Waals surface area contributed by atoms with Gasteiger partial charge in [-0.2, -0.15) is 0 Å². The van der Waals surface area contributed by atoms with Gasteiger partial charge in [0.2, 0.25) is 5.91 Å². The number of phenolic OH excluding ortho intramolecular Hbond substituents is 2. The fraction of sp³-hybridized carbons (Fsp3) is 0.290. The monoisotopic (exact) mass is 529 g/mol. The number of anilines is 1. The molecule has 0 spiro atoms. The van der Waals surface area contributed by atoms with Crippen LogP contribution in [0.15, 0.2) is 66.7 Å². The van der Waals surface area contributed by atoms with Crippen molar-refractivity contribution in [3.63, 3.8) is 0 Å². The van der Waals surface area contributed by atoms with Crippen LogP contribution in [0.1, 0.15) is 59.2 Å². The third-order valence-corrected chi connectivity index (χ3v) is 6.83. The van der Waals surface area contributed by atoms with Crippen LogP contribution >= 0.6 is 0 Å². The van der Waals surface area contributed by atoms with Crippen molar-refractivity contribution in [2.24, 2.45) is 5.73 Å². The van der Waals surface area contributed by atoms with Crippen LogP contribution < -0.4 is 10.6 Å². The molecule has 0 fully saturated rings. The summed E-state index contributed by atoms with van der Waals surface area (Å²) in [5.41, 5.74) is 9.68. The lowest BCUT2D eigenvalue weighted by Gasteiger charge is -2.32. The summed E-state index contributed by atoms with van der Waals surface area (Å²) in [5, 5.41) is 21.4. The lowest BCUT2D eigenvalue weighted by atomic mass is 10.0. The van der Waals surface area contributed by atoms with Gasteiger partial charge in [-0.15, -0.1) is 0 Å². The lowest BCUT2D eigenvalue weighted by molar-refractivity contribution is 0.0515. The van der Waals surface area contributed by atoms with Crippen molar-refractivity contribution in [3.8, 4) is 11.5 Å². The van der Waals surface area contributed by atoms with E-state index in [1.54, 1.807) is 31.2 Å². The number of phenols is 2. The third-order valence-electron chi connectivity index (χ3n) is 6.83. The molecule has 0 aliphatic heterocycles. The zero-order valence-electron chi connectivity index (χ0n) is 22.6. The highest BCUT2D eigenvalue weighted by Gasteiger charge is 2.21. The highest BCUT2D eigenvalue weighted by Crippen LogP contribution is 2.37. The van der Waals surface area contributed by atoms with Gasteiger partial charge >= 0.3 is 5.97 Å². The van der Waals surface area contributed by atoms with Crippen LogP contribution in [0.2, 0.25) is 0 Å². The normalized spacial score (nSPS) is 11.9. The summed E-state index contributed by atoms with van der Waals surface area (Å²) in [6, 6.07) is 20.0. The van der Waals surface area contributed by atoms with Crippen LogP contribution in [0.3, 0.4) is 0 Å². The van der Waals surface area contributed by atoms with Gasteiger partial charge in [0.05, 0.1) is 12.3 Å². The topological polar surface area (TPSA) is 118 Å². The number of primary amides is 1. The lowest BCUT2D eigenvalue weighted by Crippen LogP contribution is -2.35. The van der Waals surface area contributed by atoms with Gasteiger partial charge in [0.1, 0.15) is 5.69 Å². The highest BCUT2D eigenvalue weighted by atomic mass is 16.5. The van der Waals surface area contributed by atoms with Crippen LogP contribution in [0, 0.1) is 0 Å². The quantitative estimate of drug-likeness (QED) is 0.181. The van der Waals surface area contributed by atoms with Crippen LogP contribution in [0.4, 0.5) is 5.69 Å². The molecule has 1 atom stereocenters. The average Bonchev–Trinajstić information content (AvgIpc) is 3.27. The summed E-state index contributed by atoms with van der Waals surface area (Å²) in [6.45, 7) is 7.28. The van der Waals surface area contributed by atoms with E-state index in [0.717, 1.165) is 28.5 Å². The Labute approximate surface area is 228 Å². The predicted octanol–water partition coefficient (Wildman–Crippen LogP) is 5.22. The Morgan fingerprint density at radius 1 is 1.00 bits per heavy atom. The first-order valence-electron chi connectivity index (χ1n) is 13.2. The molecule has 0 aliphatic carbocycles. The molecule has 0 aliphatic rings. The zero-order chi connectivity index (χ0) is 28.1. The minimum atomic E-state index is -0.505. The third kappa shape index (κ3) is 6.00. The number of amides is 1. The van der Waals surface area contributed by atoms with E-state index in [9.17, 15) is 19.8 Å². The molecule has 1 heterocycles. The van der Waals surface area contributed by atoms with E-state index in [1.165, 1.54) is 6.07 Å². The number of nitrogens with two attached hydrogens (primary N) is 1. The predicted molar refractivity (Wildman–Crippen MR) is 153 cm³/mol. The molecule has 4 N–H and O–H groups in total. The van der Waals surface area contributed by atoms with E-state index in [0.29, 0.717) is 36.5 Å². The number of ether oxygens (including phenoxy) is 1. The van der Waals surface area contributed by atoms with Crippen molar-refractivity contribution in [3.05, 3.63) is 89.1 Å². The van der Waals surface area contributed by atoms with Gasteiger partial charge in [-0.05, 0) is 80.3 Å². The average molecular weight is 530 g/mol. The molecular weight excluding hydrogens is 494 g/mol. The molecule has 8 heteroatoms. The molecule has 0 bridgehead atoms. The second kappa shape index (κ2) is 11.9. The number of carbonyl (C=O) groups is 2. The largest absolute Gasteiger partial charge is 0.504 e. The molecule has 8 nitrogen and oxygen atoms in total. The number of rotatable bonds is 11. The number of nitrogens with zero attached hydrogens (tertiary/aromatic N) is 2. The molecule has 0 radical (unpaired) electrons. The van der Waals surface area contributed by atoms with E-state index in [2.05, 4.69) is 24.8 Å². The molecular formula is C31H35N3O5. The summed E-state index contributed by atoms with van der Waals surface area (Å²) in [5.74, 6) is -1.18. The number of carbonyl (C=O) groups excluding carboxylic acids is 2. The van der Waals surface area contributed by atoms with Crippen molar-refractivity contribution in [1.82, 2.24) is 4.57 Å². The number of hydrogen-bond donors (Lipinski definition) is 3. The van der Waals surface area contributed by atoms with Crippen LogP contribution in [-0.4, -0.2) is 45.9 Å². The number of esters is 1. The van der Waals surface area contributed by atoms with Crippen molar-refractivity contribution in [2.45, 2.75) is 46.2 Å². The SMILES string of the molecule is CCCN(c1cccc(O)c1O)C(C)Cc1ccc2c(c1)cc(C(=O)OCC)n2Cc1cccc(C(N)=O)c1. The van der Waals surface area contributed by atoms with Crippen molar-refractivity contribution in [1.29, 1.82) is 0 Å². The van der Waals surface area contributed by atoms with Crippen molar-refractivity contribution >= 4 is 28.5 Å². The summed E-state index contributed by atoms with van der Waals surface area (Å²) in [4.78, 5) is 26.7. The summed E-state index contributed by atoms with van der Waals surface area (Å²) in [6.07, 6.45) is 1.56. The Bertz CT molecular complexity index is 1490. The number of para-hydroxylation sites is 1. The van der Waals surface area contributed by atoms with Crippen molar-refractivity contribution in [2.75, 3.05) is 18.1 Å². The maximum atomic E-state index is 12.9. The highest BCUT2D eigenvalue weighted by molar-refractivity contribution is 5.96. The molecule has 204 valence electrons. The fourth-order valence-corrected chi connectivity index (χ4v) is 5.02. The van der Waals surface area contributed by atoms with Crippen molar-refractivity contribution < 1.29 is 24.5 Å². The first kappa shape index (κ1) is 27.6. The van der Waals surface area contributed by atoms with E-state index in [-0.39, 0.29) is 24.1 Å². The van der Waals surface area contributed by atoms with Gasteiger partial charge in [0.15, 0.2) is 11.5 Å². The van der Waals surface area contributed by atoms with E-state index >= 15 is 0 Å². The Morgan fingerprint density at radius 2 is 1.77 bits per heavy atom. The van der Waals surface area contributed by atoms with Gasteiger partial charge in [-0.25, -0.2) is 4.79 Å². The van der Waals surface area contributed by atoms with Crippen LogP contribution in [0.25, 0.3) is 10.9 Å². The van der Waals surface area contributed by atoms with Gasteiger partial charge in [0.25, 0.3) is 0 Å². The number of hydrogen-bond acceptors (Lipinski definition) is 6. The van der Waals surface area contributed by atoms with Gasteiger partial charge in [-0.3, -0.25) is 4.79 Å². The summed E-state index contributed by atoms with van der Waals surface area (Å²) < 4.78 is 7.23. The van der Waals surface area contributed by atoms with E-state index in [4.69, 9.17) is 10.5 Å². The maximum Gasteiger partial charge on any atom is 0.354 e. The Kier molecular flexibility index (Phi) is 8.44.